The molecular formula is C16H9Cl2N3O5. The van der Waals surface area contributed by atoms with Gasteiger partial charge in [0.2, 0.25) is 5.82 Å². The van der Waals surface area contributed by atoms with E-state index in [1.54, 1.807) is 24.3 Å². The topological polar surface area (TPSA) is 108 Å². The number of ether oxygens (including phenoxy) is 1. The summed E-state index contributed by atoms with van der Waals surface area (Å²) in [5.41, 5.74) is -0.00655. The van der Waals surface area contributed by atoms with Gasteiger partial charge in [-0.3, -0.25) is 10.1 Å². The first-order valence-corrected chi connectivity index (χ1v) is 7.89. The zero-order valence-corrected chi connectivity index (χ0v) is 14.4. The largest absolute Gasteiger partial charge is 0.452 e. The van der Waals surface area contributed by atoms with Crippen LogP contribution in [0, 0.1) is 10.1 Å². The number of esters is 1. The Morgan fingerprint density at radius 3 is 2.54 bits per heavy atom. The number of nitro benzene ring substituents is 1. The van der Waals surface area contributed by atoms with Crippen LogP contribution < -0.4 is 0 Å². The van der Waals surface area contributed by atoms with Crippen LogP contribution in [-0.2, 0) is 11.3 Å². The van der Waals surface area contributed by atoms with Crippen LogP contribution in [0.4, 0.5) is 5.69 Å². The lowest BCUT2D eigenvalue weighted by Gasteiger charge is -2.03. The quantitative estimate of drug-likeness (QED) is 0.360. The van der Waals surface area contributed by atoms with Gasteiger partial charge in [-0.15, -0.1) is 0 Å². The maximum atomic E-state index is 12.1. The van der Waals surface area contributed by atoms with Crippen LogP contribution in [0.3, 0.4) is 0 Å². The van der Waals surface area contributed by atoms with Crippen LogP contribution in [0.25, 0.3) is 11.4 Å². The maximum absolute atomic E-state index is 12.1. The van der Waals surface area contributed by atoms with Gasteiger partial charge in [0.25, 0.3) is 11.6 Å². The van der Waals surface area contributed by atoms with Crippen molar-refractivity contribution >= 4 is 34.9 Å². The van der Waals surface area contributed by atoms with Gasteiger partial charge < -0.3 is 9.26 Å². The van der Waals surface area contributed by atoms with Gasteiger partial charge in [0, 0.05) is 21.7 Å². The number of nitrogens with zero attached hydrogens (tertiary/aromatic N) is 3. The van der Waals surface area contributed by atoms with E-state index in [1.165, 1.54) is 6.07 Å². The first kappa shape index (κ1) is 17.8. The molecule has 0 aliphatic rings. The molecule has 3 aromatic rings. The Bertz CT molecular complexity index is 972. The van der Waals surface area contributed by atoms with E-state index in [4.69, 9.17) is 32.5 Å². The minimum atomic E-state index is -0.926. The Kier molecular flexibility index (Phi) is 5.15. The van der Waals surface area contributed by atoms with E-state index in [1.807, 2.05) is 0 Å². The zero-order valence-electron chi connectivity index (χ0n) is 12.9. The van der Waals surface area contributed by atoms with Crippen LogP contribution in [0.15, 0.2) is 47.0 Å². The number of nitro groups is 1. The highest BCUT2D eigenvalue weighted by atomic mass is 35.5. The number of aromatic nitrogens is 2. The molecule has 0 N–H and O–H groups in total. The van der Waals surface area contributed by atoms with Crippen molar-refractivity contribution in [3.63, 3.8) is 0 Å². The summed E-state index contributed by atoms with van der Waals surface area (Å²) in [6.45, 7) is -0.344. The van der Waals surface area contributed by atoms with E-state index < -0.39 is 16.6 Å². The van der Waals surface area contributed by atoms with Crippen LogP contribution in [0.1, 0.15) is 16.2 Å². The number of halogens is 2. The molecule has 0 radical (unpaired) electrons. The second kappa shape index (κ2) is 7.51. The summed E-state index contributed by atoms with van der Waals surface area (Å²) in [6, 6.07) is 10.4. The van der Waals surface area contributed by atoms with Gasteiger partial charge in [-0.1, -0.05) is 28.4 Å². The van der Waals surface area contributed by atoms with Crippen LogP contribution >= 0.6 is 23.2 Å². The van der Waals surface area contributed by atoms with Gasteiger partial charge >= 0.3 is 5.97 Å². The first-order chi connectivity index (χ1) is 12.4. The summed E-state index contributed by atoms with van der Waals surface area (Å²) in [4.78, 5) is 26.5. The number of carbonyl (C=O) groups is 1. The van der Waals surface area contributed by atoms with E-state index in [0.29, 0.717) is 16.4 Å². The molecule has 8 nitrogen and oxygen atoms in total. The molecule has 0 spiro atoms. The van der Waals surface area contributed by atoms with Crippen molar-refractivity contribution in [2.24, 2.45) is 0 Å². The summed E-state index contributed by atoms with van der Waals surface area (Å²) >= 11 is 11.6. The normalized spacial score (nSPS) is 10.5. The summed E-state index contributed by atoms with van der Waals surface area (Å²) in [7, 11) is 0. The molecule has 0 bridgehead atoms. The van der Waals surface area contributed by atoms with Crippen LogP contribution in [-0.4, -0.2) is 21.0 Å². The SMILES string of the molecule is O=C(OCc1nc(-c2ccc(Cl)cc2)no1)c1cc(Cl)ccc1[N+](=O)[O-]. The van der Waals surface area contributed by atoms with Gasteiger partial charge in [0.05, 0.1) is 4.92 Å². The molecule has 0 amide bonds. The van der Waals surface area contributed by atoms with Gasteiger partial charge in [-0.2, -0.15) is 4.98 Å². The molecule has 1 heterocycles. The van der Waals surface area contributed by atoms with Crippen molar-refractivity contribution in [3.8, 4) is 11.4 Å². The molecule has 132 valence electrons. The molecule has 0 aliphatic heterocycles. The molecule has 0 atom stereocenters. The molecule has 10 heteroatoms. The van der Waals surface area contributed by atoms with Gasteiger partial charge in [-0.05, 0) is 36.4 Å². The van der Waals surface area contributed by atoms with Gasteiger partial charge in [0.15, 0.2) is 6.61 Å². The molecule has 0 saturated heterocycles. The Morgan fingerprint density at radius 2 is 1.85 bits per heavy atom. The monoisotopic (exact) mass is 393 g/mol. The van der Waals surface area contributed by atoms with Gasteiger partial charge in [0.1, 0.15) is 5.56 Å². The highest BCUT2D eigenvalue weighted by molar-refractivity contribution is 6.31. The van der Waals surface area contributed by atoms with Crippen LogP contribution in [0.2, 0.25) is 10.0 Å². The van der Waals surface area contributed by atoms with Crippen molar-refractivity contribution in [2.45, 2.75) is 6.61 Å². The Labute approximate surface area is 156 Å². The van der Waals surface area contributed by atoms with E-state index in [9.17, 15) is 14.9 Å². The lowest BCUT2D eigenvalue weighted by molar-refractivity contribution is -0.385. The van der Waals surface area contributed by atoms with Crippen LogP contribution in [0.5, 0.6) is 0 Å². The van der Waals surface area contributed by atoms with E-state index in [2.05, 4.69) is 10.1 Å². The summed E-state index contributed by atoms with van der Waals surface area (Å²) in [5, 5.41) is 15.5. The average Bonchev–Trinajstić information content (AvgIpc) is 3.09. The van der Waals surface area contributed by atoms with E-state index >= 15 is 0 Å². The van der Waals surface area contributed by atoms with Gasteiger partial charge in [-0.25, -0.2) is 4.79 Å². The van der Waals surface area contributed by atoms with Crippen molar-refractivity contribution in [2.75, 3.05) is 0 Å². The molecule has 3 rings (SSSR count). The minimum Gasteiger partial charge on any atom is -0.452 e. The smallest absolute Gasteiger partial charge is 0.345 e. The summed E-state index contributed by atoms with van der Waals surface area (Å²) in [6.07, 6.45) is 0. The zero-order chi connectivity index (χ0) is 18.7. The highest BCUT2D eigenvalue weighted by Gasteiger charge is 2.22. The number of carbonyl (C=O) groups excluding carboxylic acids is 1. The van der Waals surface area contributed by atoms with Crippen molar-refractivity contribution in [1.82, 2.24) is 10.1 Å². The second-order valence-corrected chi connectivity index (χ2v) is 5.89. The Balaban J connectivity index is 1.72. The number of benzene rings is 2. The Hall–Kier alpha value is -2.97. The van der Waals surface area contributed by atoms with E-state index in [-0.39, 0.29) is 23.1 Å². The summed E-state index contributed by atoms with van der Waals surface area (Å²) in [5.74, 6) is -0.597. The lowest BCUT2D eigenvalue weighted by Crippen LogP contribution is -2.08. The fraction of sp³-hybridized carbons (Fsp3) is 0.0625. The molecule has 1 aromatic heterocycles. The van der Waals surface area contributed by atoms with Crippen molar-refractivity contribution in [3.05, 3.63) is 74.1 Å². The maximum Gasteiger partial charge on any atom is 0.345 e. The second-order valence-electron chi connectivity index (χ2n) is 5.01. The molecule has 0 aliphatic carbocycles. The lowest BCUT2D eigenvalue weighted by atomic mass is 10.2. The molecule has 26 heavy (non-hydrogen) atoms. The number of hydrogen-bond acceptors (Lipinski definition) is 7. The first-order valence-electron chi connectivity index (χ1n) is 7.13. The molecule has 0 saturated carbocycles. The standard InChI is InChI=1S/C16H9Cl2N3O5/c17-10-3-1-9(2-4-10)15-19-14(26-20-15)8-25-16(22)12-7-11(18)5-6-13(12)21(23)24/h1-7H,8H2. The third kappa shape index (κ3) is 3.98. The third-order valence-electron chi connectivity index (χ3n) is 3.27. The minimum absolute atomic E-state index is 0.0352. The average molecular weight is 394 g/mol. The predicted molar refractivity (Wildman–Crippen MR) is 92.0 cm³/mol. The summed E-state index contributed by atoms with van der Waals surface area (Å²) < 4.78 is 10.0. The van der Waals surface area contributed by atoms with Crippen molar-refractivity contribution in [1.29, 1.82) is 0 Å². The third-order valence-corrected chi connectivity index (χ3v) is 3.76. The highest BCUT2D eigenvalue weighted by Crippen LogP contribution is 2.24. The molecule has 2 aromatic carbocycles. The number of hydrogen-bond donors (Lipinski definition) is 0. The van der Waals surface area contributed by atoms with E-state index in [0.717, 1.165) is 12.1 Å². The predicted octanol–water partition coefficient (Wildman–Crippen LogP) is 4.31. The fourth-order valence-electron chi connectivity index (χ4n) is 2.07. The molecule has 0 fully saturated rings. The Morgan fingerprint density at radius 1 is 1.15 bits per heavy atom. The van der Waals surface area contributed by atoms with Crippen molar-refractivity contribution < 1.29 is 19.0 Å². The number of rotatable bonds is 5. The fourth-order valence-corrected chi connectivity index (χ4v) is 2.36. The molecule has 0 unspecified atom stereocenters. The molecular weight excluding hydrogens is 385 g/mol.